The Kier molecular flexibility index (Phi) is 12.9. The molecular formula is C30H46N6O4. The Hall–Kier alpha value is -2.92. The zero-order valence-corrected chi connectivity index (χ0v) is 24.9. The maximum absolute atomic E-state index is 12.2. The summed E-state index contributed by atoms with van der Waals surface area (Å²) in [4.78, 5) is 40.8. The van der Waals surface area contributed by atoms with E-state index < -0.39 is 11.9 Å². The van der Waals surface area contributed by atoms with E-state index in [0.29, 0.717) is 24.5 Å². The predicted molar refractivity (Wildman–Crippen MR) is 155 cm³/mol. The fourth-order valence-electron chi connectivity index (χ4n) is 4.88. The second kappa shape index (κ2) is 16.4. The number of carbonyl (C=O) groups is 2. The number of carbonyl (C=O) groups excluding carboxylic acids is 2. The third-order valence-electron chi connectivity index (χ3n) is 7.37. The van der Waals surface area contributed by atoms with Crippen molar-refractivity contribution in [2.45, 2.75) is 46.7 Å². The van der Waals surface area contributed by atoms with Crippen LogP contribution < -0.4 is 5.32 Å². The normalized spacial score (nSPS) is 16.6. The zero-order chi connectivity index (χ0) is 28.9. The molecule has 1 N–H and O–H groups in total. The van der Waals surface area contributed by atoms with Gasteiger partial charge in [0.15, 0.2) is 0 Å². The van der Waals surface area contributed by atoms with Gasteiger partial charge in [-0.25, -0.2) is 19.6 Å². The highest BCUT2D eigenvalue weighted by atomic mass is 16.5. The van der Waals surface area contributed by atoms with E-state index in [1.807, 2.05) is 12.1 Å². The summed E-state index contributed by atoms with van der Waals surface area (Å²) in [7, 11) is 2.78. The molecule has 2 aromatic heterocycles. The van der Waals surface area contributed by atoms with Crippen LogP contribution in [0.15, 0.2) is 24.3 Å². The molecule has 0 unspecified atom stereocenters. The molecule has 1 aliphatic heterocycles. The van der Waals surface area contributed by atoms with Crippen LogP contribution in [0.25, 0.3) is 0 Å². The van der Waals surface area contributed by atoms with Crippen LogP contribution in [-0.4, -0.2) is 110 Å². The second-order valence-corrected chi connectivity index (χ2v) is 10.1. The first-order chi connectivity index (χ1) is 19.4. The minimum Gasteiger partial charge on any atom is -0.464 e. The molecular weight excluding hydrogens is 508 g/mol. The average Bonchev–Trinajstić information content (AvgIpc) is 2.98. The minimum absolute atomic E-state index is 0.372. The van der Waals surface area contributed by atoms with E-state index in [9.17, 15) is 9.59 Å². The van der Waals surface area contributed by atoms with Gasteiger partial charge in [0.25, 0.3) is 0 Å². The fraction of sp³-hybridized carbons (Fsp3) is 0.600. The molecule has 0 atom stereocenters. The zero-order valence-electron chi connectivity index (χ0n) is 24.9. The van der Waals surface area contributed by atoms with Crippen molar-refractivity contribution >= 4 is 11.9 Å². The number of rotatable bonds is 9. The Morgan fingerprint density at radius 2 is 1.12 bits per heavy atom. The highest BCUT2D eigenvalue weighted by molar-refractivity contribution is 5.87. The summed E-state index contributed by atoms with van der Waals surface area (Å²) in [6.45, 7) is 15.9. The van der Waals surface area contributed by atoms with Crippen molar-refractivity contribution in [3.05, 3.63) is 58.2 Å². The molecule has 1 fully saturated rings. The van der Waals surface area contributed by atoms with E-state index in [4.69, 9.17) is 9.47 Å². The SMILES string of the molecule is CCc1cc(CN2CCNCCN(Cc3cc(CC)cc(C(=O)OC)n3)CCN(CC)CC2)nc(C(=O)OC)c1. The maximum Gasteiger partial charge on any atom is 0.356 e. The lowest BCUT2D eigenvalue weighted by Crippen LogP contribution is -2.44. The molecule has 0 aliphatic carbocycles. The van der Waals surface area contributed by atoms with Gasteiger partial charge in [0.1, 0.15) is 11.4 Å². The smallest absolute Gasteiger partial charge is 0.356 e. The van der Waals surface area contributed by atoms with E-state index in [0.717, 1.165) is 94.3 Å². The van der Waals surface area contributed by atoms with Gasteiger partial charge in [-0.1, -0.05) is 20.8 Å². The molecule has 10 nitrogen and oxygen atoms in total. The molecule has 2 aromatic rings. The van der Waals surface area contributed by atoms with Crippen LogP contribution in [-0.2, 0) is 35.4 Å². The molecule has 0 spiro atoms. The quantitative estimate of drug-likeness (QED) is 0.465. The number of aryl methyl sites for hydroxylation is 2. The van der Waals surface area contributed by atoms with Crippen molar-refractivity contribution in [2.75, 3.05) is 73.1 Å². The van der Waals surface area contributed by atoms with Crippen LogP contribution in [0.1, 0.15) is 64.3 Å². The number of aromatic nitrogens is 2. The van der Waals surface area contributed by atoms with Gasteiger partial charge < -0.3 is 19.7 Å². The standard InChI is InChI=1S/C30H46N6O4/c1-6-23-17-25(32-27(19-23)29(37)39-4)21-35-11-9-31-10-12-36(16-14-34(8-3)13-15-35)22-26-18-24(7-2)20-28(33-26)30(38)40-5/h17-20,31H,6-16,21-22H2,1-5H3. The summed E-state index contributed by atoms with van der Waals surface area (Å²) in [5.41, 5.74) is 4.72. The largest absolute Gasteiger partial charge is 0.464 e. The maximum atomic E-state index is 12.2. The number of hydrogen-bond donors (Lipinski definition) is 1. The van der Waals surface area contributed by atoms with E-state index in [1.54, 1.807) is 0 Å². The van der Waals surface area contributed by atoms with Crippen molar-refractivity contribution in [3.8, 4) is 0 Å². The summed E-state index contributed by atoms with van der Waals surface area (Å²) in [6, 6.07) is 7.83. The van der Waals surface area contributed by atoms with Crippen LogP contribution in [0.2, 0.25) is 0 Å². The van der Waals surface area contributed by atoms with Gasteiger partial charge >= 0.3 is 11.9 Å². The van der Waals surface area contributed by atoms with Crippen LogP contribution >= 0.6 is 0 Å². The molecule has 0 saturated carbocycles. The molecule has 1 saturated heterocycles. The summed E-state index contributed by atoms with van der Waals surface area (Å²) >= 11 is 0. The predicted octanol–water partition coefficient (Wildman–Crippen LogP) is 2.40. The van der Waals surface area contributed by atoms with Crippen molar-refractivity contribution in [1.29, 1.82) is 0 Å². The minimum atomic E-state index is -0.397. The monoisotopic (exact) mass is 554 g/mol. The third-order valence-corrected chi connectivity index (χ3v) is 7.37. The number of methoxy groups -OCH3 is 2. The number of pyridine rings is 2. The van der Waals surface area contributed by atoms with Crippen molar-refractivity contribution in [1.82, 2.24) is 30.0 Å². The Morgan fingerprint density at radius 3 is 1.50 bits per heavy atom. The lowest BCUT2D eigenvalue weighted by molar-refractivity contribution is 0.0584. The lowest BCUT2D eigenvalue weighted by atomic mass is 10.1. The van der Waals surface area contributed by atoms with Gasteiger partial charge in [0.05, 0.1) is 25.6 Å². The molecule has 40 heavy (non-hydrogen) atoms. The number of esters is 2. The van der Waals surface area contributed by atoms with Crippen LogP contribution in [0, 0.1) is 0 Å². The first-order valence-electron chi connectivity index (χ1n) is 14.4. The molecule has 3 heterocycles. The summed E-state index contributed by atoms with van der Waals surface area (Å²) in [5, 5.41) is 3.60. The first-order valence-corrected chi connectivity index (χ1v) is 14.4. The number of ether oxygens (including phenoxy) is 2. The van der Waals surface area contributed by atoms with Crippen molar-refractivity contribution < 1.29 is 19.1 Å². The molecule has 0 amide bonds. The van der Waals surface area contributed by atoms with Crippen LogP contribution in [0.4, 0.5) is 0 Å². The molecule has 10 heteroatoms. The lowest BCUT2D eigenvalue weighted by Gasteiger charge is -2.31. The Labute approximate surface area is 239 Å². The topological polar surface area (TPSA) is 100 Å². The van der Waals surface area contributed by atoms with Gasteiger partial charge in [0, 0.05) is 65.4 Å². The molecule has 0 bridgehead atoms. The van der Waals surface area contributed by atoms with Gasteiger partial charge in [-0.05, 0) is 54.8 Å². The first kappa shape index (κ1) is 31.6. The van der Waals surface area contributed by atoms with Gasteiger partial charge in [-0.2, -0.15) is 0 Å². The van der Waals surface area contributed by atoms with Crippen LogP contribution in [0.3, 0.4) is 0 Å². The number of hydrogen-bond acceptors (Lipinski definition) is 10. The van der Waals surface area contributed by atoms with E-state index in [-0.39, 0.29) is 0 Å². The Morgan fingerprint density at radius 1 is 0.700 bits per heavy atom. The Balaban J connectivity index is 1.67. The van der Waals surface area contributed by atoms with E-state index in [2.05, 4.69) is 62.9 Å². The van der Waals surface area contributed by atoms with Crippen LogP contribution in [0.5, 0.6) is 0 Å². The highest BCUT2D eigenvalue weighted by Crippen LogP contribution is 2.13. The number of nitrogens with zero attached hydrogens (tertiary/aromatic N) is 5. The van der Waals surface area contributed by atoms with E-state index in [1.165, 1.54) is 14.2 Å². The van der Waals surface area contributed by atoms with Gasteiger partial charge in [0.2, 0.25) is 0 Å². The third kappa shape index (κ3) is 9.62. The van der Waals surface area contributed by atoms with Crippen molar-refractivity contribution in [3.63, 3.8) is 0 Å². The summed E-state index contributed by atoms with van der Waals surface area (Å²) in [5.74, 6) is -0.793. The molecule has 0 radical (unpaired) electrons. The molecule has 3 rings (SSSR count). The fourth-order valence-corrected chi connectivity index (χ4v) is 4.88. The van der Waals surface area contributed by atoms with E-state index >= 15 is 0 Å². The molecule has 220 valence electrons. The van der Waals surface area contributed by atoms with Gasteiger partial charge in [-0.15, -0.1) is 0 Å². The highest BCUT2D eigenvalue weighted by Gasteiger charge is 2.17. The average molecular weight is 555 g/mol. The summed E-state index contributed by atoms with van der Waals surface area (Å²) in [6.07, 6.45) is 1.67. The Bertz CT molecular complexity index is 1030. The number of nitrogens with one attached hydrogen (secondary N) is 1. The van der Waals surface area contributed by atoms with Crippen molar-refractivity contribution in [2.24, 2.45) is 0 Å². The molecule has 0 aromatic carbocycles. The molecule has 1 aliphatic rings. The second-order valence-electron chi connectivity index (χ2n) is 10.1. The number of likely N-dealkylation sites (N-methyl/N-ethyl adjacent to an activating group) is 1. The van der Waals surface area contributed by atoms with Gasteiger partial charge in [-0.3, -0.25) is 9.80 Å². The summed E-state index contributed by atoms with van der Waals surface area (Å²) < 4.78 is 9.84.